The Morgan fingerprint density at radius 2 is 0.500 bits per heavy atom. The molecule has 0 atom stereocenters. The zero-order valence-corrected chi connectivity index (χ0v) is 57.3. The summed E-state index contributed by atoms with van der Waals surface area (Å²) < 4.78 is 15.9. The van der Waals surface area contributed by atoms with Crippen LogP contribution in [0, 0.1) is 0 Å². The molecule has 0 fully saturated rings. The van der Waals surface area contributed by atoms with Crippen molar-refractivity contribution in [1.82, 2.24) is 18.3 Å². The summed E-state index contributed by atoms with van der Waals surface area (Å²) in [7, 11) is 0. The number of hydrogen-bond acceptors (Lipinski definition) is 1. The van der Waals surface area contributed by atoms with Crippen molar-refractivity contribution >= 4 is 109 Å². The first kappa shape index (κ1) is 59.4. The number of hydrogen-bond donors (Lipinski definition) is 0. The van der Waals surface area contributed by atoms with E-state index in [1.807, 2.05) is 12.1 Å². The molecule has 1 aliphatic rings. The summed E-state index contributed by atoms with van der Waals surface area (Å²) in [5.74, 6) is 0. The van der Waals surface area contributed by atoms with Gasteiger partial charge in [-0.05, 0) is 176 Å². The van der Waals surface area contributed by atoms with Crippen LogP contribution in [0.25, 0.3) is 188 Å². The van der Waals surface area contributed by atoms with Gasteiger partial charge < -0.3 is 22.7 Å². The van der Waals surface area contributed by atoms with Gasteiger partial charge in [-0.2, -0.15) is 0 Å². The molecule has 0 saturated carbocycles. The molecule has 0 bridgehead atoms. The van der Waals surface area contributed by atoms with Gasteiger partial charge in [0.15, 0.2) is 0 Å². The van der Waals surface area contributed by atoms with Crippen molar-refractivity contribution in [3.63, 3.8) is 0 Å². The lowest BCUT2D eigenvalue weighted by Gasteiger charge is -2.22. The Bertz CT molecular complexity index is 7040. The zero-order chi connectivity index (χ0) is 68.7. The summed E-state index contributed by atoms with van der Waals surface area (Å²) in [5, 5.41) is 12.3. The highest BCUT2D eigenvalue weighted by atomic mass is 16.3. The van der Waals surface area contributed by atoms with Crippen LogP contribution in [0.4, 0.5) is 0 Å². The Labute approximate surface area is 600 Å². The molecular weight excluding hydrogens is 1260 g/mol. The van der Waals surface area contributed by atoms with Crippen LogP contribution in [0.1, 0.15) is 25.0 Å². The van der Waals surface area contributed by atoms with Gasteiger partial charge in [-0.15, -0.1) is 0 Å². The van der Waals surface area contributed by atoms with Gasteiger partial charge in [0.05, 0.1) is 44.1 Å². The molecule has 5 heteroatoms. The highest BCUT2D eigenvalue weighted by molar-refractivity contribution is 6.15. The van der Waals surface area contributed by atoms with Crippen molar-refractivity contribution in [3.8, 4) is 78.4 Å². The molecule has 22 rings (SSSR count). The van der Waals surface area contributed by atoms with E-state index in [0.717, 1.165) is 39.0 Å². The van der Waals surface area contributed by atoms with Crippen LogP contribution in [0.5, 0.6) is 0 Å². The summed E-state index contributed by atoms with van der Waals surface area (Å²) in [5.41, 5.74) is 31.1. The lowest BCUT2D eigenvalue weighted by molar-refractivity contribution is 0.660. The van der Waals surface area contributed by atoms with Crippen LogP contribution in [0.15, 0.2) is 368 Å². The molecular formula is C99H66N4O. The third kappa shape index (κ3) is 9.27. The van der Waals surface area contributed by atoms with E-state index < -0.39 is 0 Å². The Morgan fingerprint density at radius 1 is 0.192 bits per heavy atom. The average Bonchev–Trinajstić information content (AvgIpc) is 1.58. The maximum absolute atomic E-state index is 6.19. The lowest BCUT2D eigenvalue weighted by Crippen LogP contribution is -2.15. The molecule has 16 aromatic carbocycles. The molecule has 0 spiro atoms. The summed E-state index contributed by atoms with van der Waals surface area (Å²) in [6.07, 6.45) is 0. The number of benzene rings is 16. The second-order valence-electron chi connectivity index (χ2n) is 28.3. The monoisotopic (exact) mass is 1330 g/mol. The highest BCUT2D eigenvalue weighted by Gasteiger charge is 2.36. The Kier molecular flexibility index (Phi) is 13.3. The van der Waals surface area contributed by atoms with E-state index in [4.69, 9.17) is 4.42 Å². The molecule has 104 heavy (non-hydrogen) atoms. The van der Waals surface area contributed by atoms with Crippen molar-refractivity contribution in [1.29, 1.82) is 0 Å². The fourth-order valence-corrected chi connectivity index (χ4v) is 17.3. The number of para-hydroxylation sites is 5. The molecule has 1 aliphatic carbocycles. The van der Waals surface area contributed by atoms with Crippen molar-refractivity contribution in [2.24, 2.45) is 0 Å². The van der Waals surface area contributed by atoms with Gasteiger partial charge in [0.1, 0.15) is 11.2 Å². The Morgan fingerprint density at radius 3 is 0.952 bits per heavy atom. The van der Waals surface area contributed by atoms with Gasteiger partial charge >= 0.3 is 0 Å². The van der Waals surface area contributed by atoms with E-state index in [1.165, 1.54) is 160 Å². The first-order valence-corrected chi connectivity index (χ1v) is 35.9. The van der Waals surface area contributed by atoms with Crippen molar-refractivity contribution in [2.45, 2.75) is 19.3 Å². The second kappa shape index (κ2) is 23.3. The van der Waals surface area contributed by atoms with Crippen LogP contribution >= 0.6 is 0 Å². The number of nitrogens with zero attached hydrogens (tertiary/aromatic N) is 4. The van der Waals surface area contributed by atoms with E-state index in [9.17, 15) is 0 Å². The third-order valence-electron chi connectivity index (χ3n) is 22.3. The average molecular weight is 1330 g/mol. The second-order valence-corrected chi connectivity index (χ2v) is 28.3. The molecule has 0 saturated heterocycles. The van der Waals surface area contributed by atoms with Gasteiger partial charge in [-0.25, -0.2) is 0 Å². The van der Waals surface area contributed by atoms with Crippen LogP contribution in [0.3, 0.4) is 0 Å². The van der Waals surface area contributed by atoms with Crippen LogP contribution in [-0.4, -0.2) is 18.3 Å². The maximum Gasteiger partial charge on any atom is 0.135 e. The van der Waals surface area contributed by atoms with Crippen LogP contribution < -0.4 is 0 Å². The Hall–Kier alpha value is -13.5. The summed E-state index contributed by atoms with van der Waals surface area (Å²) >= 11 is 0. The van der Waals surface area contributed by atoms with Gasteiger partial charge in [0.25, 0.3) is 0 Å². The quantitative estimate of drug-likeness (QED) is 0.149. The molecule has 21 aromatic rings. The topological polar surface area (TPSA) is 32.9 Å². The number of fused-ring (bicyclic) bond motifs is 18. The maximum atomic E-state index is 6.19. The molecule has 0 amide bonds. The summed E-state index contributed by atoms with van der Waals surface area (Å²) in [6.45, 7) is 4.72. The minimum atomic E-state index is -0.0679. The van der Waals surface area contributed by atoms with E-state index in [0.29, 0.717) is 0 Å². The van der Waals surface area contributed by atoms with Gasteiger partial charge in [0.2, 0.25) is 0 Å². The van der Waals surface area contributed by atoms with E-state index in [1.54, 1.807) is 0 Å². The summed E-state index contributed by atoms with van der Waals surface area (Å²) in [6, 6.07) is 133. The van der Waals surface area contributed by atoms with Gasteiger partial charge in [-0.3, -0.25) is 0 Å². The SMILES string of the molecule is CC1(C)c2ccccc2-c2ccc(-n3c4ccccc4c4ccc(-c5ccc6c7ccccc7n(-c7ccc(-c8ccccc8)cc7)c6c5)cc43)cc21.c1ccc(-c2ccc(-n3c4ccccc4c4ccc(-c5ccc6c7ccccc7n(-c7ccc8oc9ccccc9c8c7)c6c5)cc43)cc2)cc1. The summed E-state index contributed by atoms with van der Waals surface area (Å²) in [4.78, 5) is 0. The van der Waals surface area contributed by atoms with Crippen molar-refractivity contribution in [3.05, 3.63) is 375 Å². The normalized spacial score (nSPS) is 12.6. The molecule has 5 heterocycles. The van der Waals surface area contributed by atoms with E-state index in [2.05, 4.69) is 384 Å². The molecule has 0 unspecified atom stereocenters. The number of rotatable bonds is 8. The molecule has 5 nitrogen and oxygen atoms in total. The first-order valence-electron chi connectivity index (χ1n) is 35.9. The number of aromatic nitrogens is 4. The van der Waals surface area contributed by atoms with Gasteiger partial charge in [-0.1, -0.05) is 269 Å². The highest BCUT2D eigenvalue weighted by Crippen LogP contribution is 2.50. The zero-order valence-electron chi connectivity index (χ0n) is 57.3. The smallest absolute Gasteiger partial charge is 0.135 e. The molecule has 0 N–H and O–H groups in total. The number of furan rings is 1. The predicted molar refractivity (Wildman–Crippen MR) is 437 cm³/mol. The van der Waals surface area contributed by atoms with Crippen molar-refractivity contribution in [2.75, 3.05) is 0 Å². The van der Waals surface area contributed by atoms with Gasteiger partial charge in [0, 0.05) is 82.0 Å². The minimum absolute atomic E-state index is 0.0679. The molecule has 0 radical (unpaired) electrons. The minimum Gasteiger partial charge on any atom is -0.456 e. The fourth-order valence-electron chi connectivity index (χ4n) is 17.3. The van der Waals surface area contributed by atoms with Crippen LogP contribution in [-0.2, 0) is 5.41 Å². The van der Waals surface area contributed by atoms with E-state index >= 15 is 0 Å². The predicted octanol–water partition coefficient (Wildman–Crippen LogP) is 26.6. The Balaban J connectivity index is 0.000000134. The van der Waals surface area contributed by atoms with Crippen molar-refractivity contribution < 1.29 is 4.42 Å². The molecule has 0 aliphatic heterocycles. The fraction of sp³-hybridized carbons (Fsp3) is 0.0303. The molecule has 488 valence electrons. The first-order chi connectivity index (χ1) is 51.3. The standard InChI is InChI=1S/C51H36N2.C48H30N2O/c1-51(2)45-17-9-6-14-39(45)40-29-26-38(32-46(40)51)53-48-19-11-8-16-42(48)44-28-23-36(31-50(44)53)35-22-27-43-41-15-7-10-18-47(41)52(49(43)30-35)37-24-20-34(21-25-37)33-12-4-3-5-13-33;1-2-10-31(11-3-1)32-18-22-35(23-19-32)49-43-15-7-4-12-37(43)39-25-20-33(28-45(39)49)34-21-26-40-38-13-5-8-16-44(38)50(46(40)29-34)36-24-27-48-42(30-36)41-14-6-9-17-47(41)51-48/h3-32H,1-2H3;1-30H. The third-order valence-corrected chi connectivity index (χ3v) is 22.3. The largest absolute Gasteiger partial charge is 0.456 e. The molecule has 5 aromatic heterocycles. The van der Waals surface area contributed by atoms with E-state index in [-0.39, 0.29) is 5.41 Å². The van der Waals surface area contributed by atoms with Crippen LogP contribution in [0.2, 0.25) is 0 Å². The lowest BCUT2D eigenvalue weighted by atomic mass is 9.82.